The molecule has 4 nitrogen and oxygen atoms in total. The van der Waals surface area contributed by atoms with Gasteiger partial charge in [0.25, 0.3) is 0 Å². The van der Waals surface area contributed by atoms with Crippen LogP contribution in [0.25, 0.3) is 0 Å². The van der Waals surface area contributed by atoms with Crippen molar-refractivity contribution < 1.29 is 17.5 Å². The van der Waals surface area contributed by atoms with Crippen molar-refractivity contribution >= 4 is 10.4 Å². The fourth-order valence-corrected chi connectivity index (χ4v) is 1.93. The van der Waals surface area contributed by atoms with Crippen LogP contribution in [0.3, 0.4) is 0 Å². The molecule has 20 heavy (non-hydrogen) atoms. The van der Waals surface area contributed by atoms with E-state index in [0.29, 0.717) is 0 Å². The minimum Gasteiger partial charge on any atom is -0.759 e. The van der Waals surface area contributed by atoms with Crippen molar-refractivity contribution in [2.24, 2.45) is 0 Å². The molecule has 0 N–H and O–H groups in total. The molecule has 5 heteroatoms. The zero-order valence-electron chi connectivity index (χ0n) is 12.1. The average molecular weight is 300 g/mol. The topological polar surface area (TPSA) is 80.3 Å². The highest BCUT2D eigenvalue weighted by Gasteiger charge is 1.92. The zero-order valence-corrected chi connectivity index (χ0v) is 12.9. The molecular formula is C15H24O4S-2. The molecule has 0 atom stereocenters. The minimum absolute atomic E-state index is 1.26. The Morgan fingerprint density at radius 3 is 1.80 bits per heavy atom. The average Bonchev–Trinajstić information content (AvgIpc) is 2.37. The normalized spacial score (nSPS) is 10.8. The summed E-state index contributed by atoms with van der Waals surface area (Å²) in [6, 6.07) is 10.8. The molecule has 0 aliphatic heterocycles. The summed E-state index contributed by atoms with van der Waals surface area (Å²) in [6.45, 7) is 2.27. The Hall–Kier alpha value is -0.910. The molecule has 0 unspecified atom stereocenters. The van der Waals surface area contributed by atoms with E-state index < -0.39 is 10.4 Å². The largest absolute Gasteiger partial charge is 0.759 e. The van der Waals surface area contributed by atoms with Gasteiger partial charge in [-0.25, -0.2) is 0 Å². The van der Waals surface area contributed by atoms with Crippen LogP contribution < -0.4 is 0 Å². The summed E-state index contributed by atoms with van der Waals surface area (Å²) >= 11 is 0. The second-order valence-electron chi connectivity index (χ2n) is 4.77. The lowest BCUT2D eigenvalue weighted by Gasteiger charge is -2.06. The lowest BCUT2D eigenvalue weighted by atomic mass is 10.0. The van der Waals surface area contributed by atoms with Crippen LogP contribution in [0.2, 0.25) is 0 Å². The third-order valence-electron chi connectivity index (χ3n) is 2.91. The van der Waals surface area contributed by atoms with Gasteiger partial charge in [0, 0.05) is 10.4 Å². The third kappa shape index (κ3) is 17.1. The SMILES string of the molecule is CCCCCCCCCc1ccccc1.O=S(=O)([O-])[O-]. The summed E-state index contributed by atoms with van der Waals surface area (Å²) < 4.78 is 34.1. The summed E-state index contributed by atoms with van der Waals surface area (Å²) in [6.07, 6.45) is 11.1. The summed E-state index contributed by atoms with van der Waals surface area (Å²) in [7, 11) is -5.17. The van der Waals surface area contributed by atoms with Crippen molar-refractivity contribution in [3.8, 4) is 0 Å². The summed E-state index contributed by atoms with van der Waals surface area (Å²) in [4.78, 5) is 0. The first-order valence-corrected chi connectivity index (χ1v) is 8.47. The quantitative estimate of drug-likeness (QED) is 0.417. The van der Waals surface area contributed by atoms with E-state index in [1.807, 2.05) is 0 Å². The van der Waals surface area contributed by atoms with Crippen LogP contribution >= 0.6 is 0 Å². The van der Waals surface area contributed by atoms with E-state index in [1.54, 1.807) is 0 Å². The lowest BCUT2D eigenvalue weighted by molar-refractivity contribution is 0.352. The van der Waals surface area contributed by atoms with Crippen LogP contribution in [0.1, 0.15) is 57.4 Å². The monoisotopic (exact) mass is 300 g/mol. The van der Waals surface area contributed by atoms with Gasteiger partial charge in [-0.3, -0.25) is 8.42 Å². The highest BCUT2D eigenvalue weighted by Crippen LogP contribution is 2.10. The standard InChI is InChI=1S/C15H24.H2O4S/c1-2-3-4-5-6-7-9-12-15-13-10-8-11-14-15;1-5(2,3)4/h8,10-11,13-14H,2-7,9,12H2,1H3;(H2,1,2,3,4)/p-2. The van der Waals surface area contributed by atoms with Gasteiger partial charge in [0.05, 0.1) is 0 Å². The van der Waals surface area contributed by atoms with Gasteiger partial charge in [-0.1, -0.05) is 75.8 Å². The van der Waals surface area contributed by atoms with Gasteiger partial charge in [-0.2, -0.15) is 0 Å². The maximum atomic E-state index is 8.52. The maximum Gasteiger partial charge on any atom is 0.0311 e. The zero-order chi connectivity index (χ0) is 15.3. The summed E-state index contributed by atoms with van der Waals surface area (Å²) in [5, 5.41) is 0. The number of hydrogen-bond acceptors (Lipinski definition) is 4. The number of hydrogen-bond donors (Lipinski definition) is 0. The van der Waals surface area contributed by atoms with Crippen molar-refractivity contribution in [2.75, 3.05) is 0 Å². The molecule has 0 spiro atoms. The predicted octanol–water partition coefficient (Wildman–Crippen LogP) is 3.64. The second-order valence-corrected chi connectivity index (χ2v) is 5.58. The smallest absolute Gasteiger partial charge is 0.0311 e. The fraction of sp³-hybridized carbons (Fsp3) is 0.600. The molecule has 0 heterocycles. The molecule has 0 fully saturated rings. The fourth-order valence-electron chi connectivity index (χ4n) is 1.93. The minimum atomic E-state index is -5.17. The van der Waals surface area contributed by atoms with Gasteiger partial charge in [0.2, 0.25) is 0 Å². The Bertz CT molecular complexity index is 407. The van der Waals surface area contributed by atoms with E-state index in [4.69, 9.17) is 17.5 Å². The number of aryl methyl sites for hydroxylation is 1. The van der Waals surface area contributed by atoms with E-state index in [1.165, 1.54) is 56.9 Å². The van der Waals surface area contributed by atoms with Crippen molar-refractivity contribution in [3.63, 3.8) is 0 Å². The summed E-state index contributed by atoms with van der Waals surface area (Å²) in [5.74, 6) is 0. The first kappa shape index (κ1) is 19.1. The van der Waals surface area contributed by atoms with Crippen LogP contribution in [-0.2, 0) is 16.8 Å². The number of unbranched alkanes of at least 4 members (excludes halogenated alkanes) is 6. The predicted molar refractivity (Wildman–Crippen MR) is 78.6 cm³/mol. The molecule has 1 rings (SSSR count). The molecule has 0 saturated carbocycles. The molecule has 1 aromatic rings. The first-order valence-electron chi connectivity index (χ1n) is 7.14. The van der Waals surface area contributed by atoms with E-state index in [-0.39, 0.29) is 0 Å². The van der Waals surface area contributed by atoms with E-state index in [0.717, 1.165) is 0 Å². The van der Waals surface area contributed by atoms with Crippen LogP contribution in [0.5, 0.6) is 0 Å². The van der Waals surface area contributed by atoms with Gasteiger partial charge < -0.3 is 9.11 Å². The van der Waals surface area contributed by atoms with Crippen LogP contribution in [-0.4, -0.2) is 17.5 Å². The van der Waals surface area contributed by atoms with Crippen molar-refractivity contribution in [2.45, 2.75) is 58.3 Å². The van der Waals surface area contributed by atoms with Crippen molar-refractivity contribution in [1.82, 2.24) is 0 Å². The van der Waals surface area contributed by atoms with Crippen molar-refractivity contribution in [3.05, 3.63) is 35.9 Å². The molecule has 1 aromatic carbocycles. The molecule has 0 bridgehead atoms. The van der Waals surface area contributed by atoms with Gasteiger partial charge in [0.1, 0.15) is 0 Å². The molecule has 0 amide bonds. The maximum absolute atomic E-state index is 8.52. The molecule has 0 radical (unpaired) electrons. The number of benzene rings is 1. The van der Waals surface area contributed by atoms with Crippen LogP contribution in [0.4, 0.5) is 0 Å². The van der Waals surface area contributed by atoms with E-state index >= 15 is 0 Å². The highest BCUT2D eigenvalue weighted by molar-refractivity contribution is 7.79. The Morgan fingerprint density at radius 2 is 1.30 bits per heavy atom. The first-order chi connectivity index (χ1) is 9.43. The van der Waals surface area contributed by atoms with Gasteiger partial charge in [-0.05, 0) is 18.4 Å². The molecular weight excluding hydrogens is 276 g/mol. The number of rotatable bonds is 8. The lowest BCUT2D eigenvalue weighted by Crippen LogP contribution is -1.91. The highest BCUT2D eigenvalue weighted by atomic mass is 32.3. The van der Waals surface area contributed by atoms with Crippen LogP contribution in [0.15, 0.2) is 30.3 Å². The molecule has 0 aliphatic carbocycles. The third-order valence-corrected chi connectivity index (χ3v) is 2.91. The van der Waals surface area contributed by atoms with Gasteiger partial charge in [-0.15, -0.1) is 0 Å². The Morgan fingerprint density at radius 1 is 0.850 bits per heavy atom. The summed E-state index contributed by atoms with van der Waals surface area (Å²) in [5.41, 5.74) is 1.49. The Labute approximate surface area is 122 Å². The molecule has 116 valence electrons. The molecule has 0 aromatic heterocycles. The van der Waals surface area contributed by atoms with Crippen molar-refractivity contribution in [1.29, 1.82) is 0 Å². The Balaban J connectivity index is 0.000000621. The van der Waals surface area contributed by atoms with Gasteiger partial charge in [0.15, 0.2) is 0 Å². The Kier molecular flexibility index (Phi) is 11.3. The van der Waals surface area contributed by atoms with Crippen LogP contribution in [0, 0.1) is 0 Å². The molecule has 0 saturated heterocycles. The molecule has 0 aliphatic rings. The second kappa shape index (κ2) is 11.9. The van der Waals surface area contributed by atoms with E-state index in [2.05, 4.69) is 37.3 Å². The van der Waals surface area contributed by atoms with Gasteiger partial charge >= 0.3 is 0 Å². The van der Waals surface area contributed by atoms with E-state index in [9.17, 15) is 0 Å².